The summed E-state index contributed by atoms with van der Waals surface area (Å²) >= 11 is 0. The minimum absolute atomic E-state index is 0.263. The third-order valence-electron chi connectivity index (χ3n) is 2.40. The first-order valence-electron chi connectivity index (χ1n) is 5.37. The number of anilines is 1. The quantitative estimate of drug-likeness (QED) is 0.717. The second-order valence-electron chi connectivity index (χ2n) is 3.88. The fourth-order valence-corrected chi connectivity index (χ4v) is 1.46. The number of carbonyl (C=O) groups excluding carboxylic acids is 1. The van der Waals surface area contributed by atoms with Crippen LogP contribution < -0.4 is 15.8 Å². The second kappa shape index (κ2) is 6.02. The summed E-state index contributed by atoms with van der Waals surface area (Å²) in [5.74, 6) is -0.916. The normalized spacial score (nSPS) is 11.7. The fourth-order valence-electron chi connectivity index (χ4n) is 1.46. The Hall–Kier alpha value is -2.08. The molecule has 6 nitrogen and oxygen atoms in total. The number of carboxylic acid groups (broad SMARTS) is 1. The molecule has 1 atom stereocenters. The molecule has 98 valence electrons. The number of aliphatic carboxylic acids is 1. The van der Waals surface area contributed by atoms with Crippen molar-refractivity contribution in [1.82, 2.24) is 0 Å². The molecule has 4 N–H and O–H groups in total. The number of rotatable bonds is 5. The van der Waals surface area contributed by atoms with Crippen LogP contribution in [-0.4, -0.2) is 30.1 Å². The van der Waals surface area contributed by atoms with Crippen molar-refractivity contribution < 1.29 is 19.4 Å². The molecule has 1 amide bonds. The van der Waals surface area contributed by atoms with Crippen molar-refractivity contribution in [3.05, 3.63) is 23.8 Å². The van der Waals surface area contributed by atoms with E-state index in [2.05, 4.69) is 5.32 Å². The Morgan fingerprint density at radius 2 is 2.17 bits per heavy atom. The number of nitrogens with one attached hydrogen (secondary N) is 1. The van der Waals surface area contributed by atoms with E-state index in [0.717, 1.165) is 11.3 Å². The highest BCUT2D eigenvalue weighted by molar-refractivity contribution is 5.94. The lowest BCUT2D eigenvalue weighted by Gasteiger charge is -2.10. The summed E-state index contributed by atoms with van der Waals surface area (Å²) in [5.41, 5.74) is 6.72. The summed E-state index contributed by atoms with van der Waals surface area (Å²) < 4.78 is 5.09. The summed E-state index contributed by atoms with van der Waals surface area (Å²) in [4.78, 5) is 22.0. The van der Waals surface area contributed by atoms with Gasteiger partial charge in [-0.1, -0.05) is 0 Å². The first-order valence-corrected chi connectivity index (χ1v) is 5.37. The summed E-state index contributed by atoms with van der Waals surface area (Å²) in [6.07, 6.45) is -0.263. The topological polar surface area (TPSA) is 102 Å². The van der Waals surface area contributed by atoms with Crippen LogP contribution in [0.15, 0.2) is 18.2 Å². The van der Waals surface area contributed by atoms with Crippen LogP contribution in [0.1, 0.15) is 12.0 Å². The Morgan fingerprint density at radius 3 is 2.67 bits per heavy atom. The van der Waals surface area contributed by atoms with Crippen LogP contribution in [0, 0.1) is 6.92 Å². The number of ether oxygens (including phenoxy) is 1. The highest BCUT2D eigenvalue weighted by Crippen LogP contribution is 2.21. The maximum absolute atomic E-state index is 11.5. The summed E-state index contributed by atoms with van der Waals surface area (Å²) in [5, 5.41) is 11.2. The van der Waals surface area contributed by atoms with Crippen molar-refractivity contribution in [3.63, 3.8) is 0 Å². The third kappa shape index (κ3) is 3.74. The Labute approximate surface area is 105 Å². The molecule has 0 bridgehead atoms. The van der Waals surface area contributed by atoms with Gasteiger partial charge in [-0.15, -0.1) is 0 Å². The van der Waals surface area contributed by atoms with Gasteiger partial charge in [-0.2, -0.15) is 0 Å². The van der Waals surface area contributed by atoms with E-state index >= 15 is 0 Å². The highest BCUT2D eigenvalue weighted by Gasteiger charge is 2.16. The van der Waals surface area contributed by atoms with Crippen molar-refractivity contribution in [2.75, 3.05) is 12.4 Å². The monoisotopic (exact) mass is 252 g/mol. The average Bonchev–Trinajstić information content (AvgIpc) is 2.28. The molecule has 0 saturated carbocycles. The molecule has 1 aromatic carbocycles. The molecule has 0 aromatic heterocycles. The number of carboxylic acids is 1. The third-order valence-corrected chi connectivity index (χ3v) is 2.40. The Kier molecular flexibility index (Phi) is 4.67. The molecule has 1 aromatic rings. The highest BCUT2D eigenvalue weighted by atomic mass is 16.5. The smallest absolute Gasteiger partial charge is 0.321 e. The van der Waals surface area contributed by atoms with E-state index in [1.165, 1.54) is 0 Å². The summed E-state index contributed by atoms with van der Waals surface area (Å²) in [6.45, 7) is 1.84. The molecule has 18 heavy (non-hydrogen) atoms. The van der Waals surface area contributed by atoms with Gasteiger partial charge in [0.05, 0.1) is 13.5 Å². The zero-order chi connectivity index (χ0) is 13.7. The minimum atomic E-state index is -1.20. The van der Waals surface area contributed by atoms with Gasteiger partial charge in [0.2, 0.25) is 5.91 Å². The van der Waals surface area contributed by atoms with Crippen molar-refractivity contribution in [3.8, 4) is 5.75 Å². The maximum atomic E-state index is 11.5. The number of nitrogens with two attached hydrogens (primary N) is 1. The number of hydrogen-bond donors (Lipinski definition) is 3. The van der Waals surface area contributed by atoms with Crippen LogP contribution in [0.25, 0.3) is 0 Å². The molecule has 0 aliphatic rings. The van der Waals surface area contributed by atoms with Gasteiger partial charge in [0.15, 0.2) is 0 Å². The zero-order valence-electron chi connectivity index (χ0n) is 10.3. The first kappa shape index (κ1) is 14.0. The molecular weight excluding hydrogens is 236 g/mol. The van der Waals surface area contributed by atoms with Gasteiger partial charge < -0.3 is 20.9 Å². The largest absolute Gasteiger partial charge is 0.496 e. The lowest BCUT2D eigenvalue weighted by atomic mass is 10.2. The van der Waals surface area contributed by atoms with E-state index in [1.807, 2.05) is 6.92 Å². The Balaban J connectivity index is 2.65. The van der Waals surface area contributed by atoms with Gasteiger partial charge in [-0.25, -0.2) is 0 Å². The van der Waals surface area contributed by atoms with Crippen LogP contribution in [0.5, 0.6) is 5.75 Å². The van der Waals surface area contributed by atoms with Crippen LogP contribution in [0.2, 0.25) is 0 Å². The predicted octanol–water partition coefficient (Wildman–Crippen LogP) is 0.744. The number of aryl methyl sites for hydroxylation is 1. The Morgan fingerprint density at radius 1 is 1.50 bits per heavy atom. The second-order valence-corrected chi connectivity index (χ2v) is 3.88. The molecule has 0 radical (unpaired) electrons. The van der Waals surface area contributed by atoms with Crippen molar-refractivity contribution in [2.45, 2.75) is 19.4 Å². The minimum Gasteiger partial charge on any atom is -0.496 e. The Bertz CT molecular complexity index is 459. The molecule has 0 saturated heterocycles. The van der Waals surface area contributed by atoms with Gasteiger partial charge in [0.1, 0.15) is 11.8 Å². The molecular formula is C12H16N2O4. The van der Waals surface area contributed by atoms with Crippen LogP contribution in [-0.2, 0) is 9.59 Å². The van der Waals surface area contributed by atoms with Crippen molar-refractivity contribution in [2.24, 2.45) is 5.73 Å². The molecule has 6 heteroatoms. The number of methoxy groups -OCH3 is 1. The molecule has 0 heterocycles. The number of carbonyl (C=O) groups is 2. The number of benzene rings is 1. The van der Waals surface area contributed by atoms with E-state index in [9.17, 15) is 9.59 Å². The lowest BCUT2D eigenvalue weighted by molar-refractivity contribution is -0.140. The van der Waals surface area contributed by atoms with Crippen LogP contribution in [0.4, 0.5) is 5.69 Å². The standard InChI is InChI=1S/C12H16N2O4/c1-7-5-8(3-4-10(7)18-2)14-11(15)6-9(13)12(16)17/h3-5,9H,6,13H2,1-2H3,(H,14,15)(H,16,17). The molecule has 1 rings (SSSR count). The van der Waals surface area contributed by atoms with E-state index in [1.54, 1.807) is 25.3 Å². The van der Waals surface area contributed by atoms with E-state index in [4.69, 9.17) is 15.6 Å². The molecule has 0 fully saturated rings. The SMILES string of the molecule is COc1ccc(NC(=O)CC(N)C(=O)O)cc1C. The van der Waals surface area contributed by atoms with Crippen molar-refractivity contribution in [1.29, 1.82) is 0 Å². The van der Waals surface area contributed by atoms with Crippen LogP contribution >= 0.6 is 0 Å². The molecule has 0 aliphatic carbocycles. The fraction of sp³-hybridized carbons (Fsp3) is 0.333. The van der Waals surface area contributed by atoms with Crippen LogP contribution in [0.3, 0.4) is 0 Å². The van der Waals surface area contributed by atoms with Gasteiger partial charge in [-0.3, -0.25) is 9.59 Å². The van der Waals surface area contributed by atoms with Gasteiger partial charge in [-0.05, 0) is 30.7 Å². The van der Waals surface area contributed by atoms with E-state index in [-0.39, 0.29) is 6.42 Å². The van der Waals surface area contributed by atoms with E-state index < -0.39 is 17.9 Å². The average molecular weight is 252 g/mol. The predicted molar refractivity (Wildman–Crippen MR) is 66.6 cm³/mol. The number of hydrogen-bond acceptors (Lipinski definition) is 4. The lowest BCUT2D eigenvalue weighted by Crippen LogP contribution is -2.34. The van der Waals surface area contributed by atoms with Gasteiger partial charge in [0, 0.05) is 5.69 Å². The molecule has 0 aliphatic heterocycles. The summed E-state index contributed by atoms with van der Waals surface area (Å²) in [6, 6.07) is 3.95. The first-order chi connectivity index (χ1) is 8.43. The van der Waals surface area contributed by atoms with E-state index in [0.29, 0.717) is 5.69 Å². The van der Waals surface area contributed by atoms with Gasteiger partial charge in [0.25, 0.3) is 0 Å². The molecule has 0 spiro atoms. The maximum Gasteiger partial charge on any atom is 0.321 e. The van der Waals surface area contributed by atoms with Gasteiger partial charge >= 0.3 is 5.97 Å². The van der Waals surface area contributed by atoms with Crippen molar-refractivity contribution >= 4 is 17.6 Å². The molecule has 1 unspecified atom stereocenters. The summed E-state index contributed by atoms with van der Waals surface area (Å²) in [7, 11) is 1.56. The zero-order valence-corrected chi connectivity index (χ0v) is 10.3. The number of amides is 1.